The average molecular weight is 302 g/mol. The maximum absolute atomic E-state index is 9.99. The Labute approximate surface area is 128 Å². The maximum Gasteiger partial charge on any atom is 0.167 e. The first-order valence-corrected chi connectivity index (χ1v) is 7.06. The van der Waals surface area contributed by atoms with E-state index >= 15 is 0 Å². The Morgan fingerprint density at radius 2 is 1.91 bits per heavy atom. The van der Waals surface area contributed by atoms with Crippen LogP contribution in [0, 0.1) is 0 Å². The number of rotatable bonds is 3. The summed E-state index contributed by atoms with van der Waals surface area (Å²) in [5.41, 5.74) is 1.63. The van der Waals surface area contributed by atoms with Gasteiger partial charge in [0.2, 0.25) is 0 Å². The smallest absolute Gasteiger partial charge is 0.167 e. The summed E-state index contributed by atoms with van der Waals surface area (Å²) in [4.78, 5) is 0. The standard InChI is InChI=1S/C17H18O5/c1-20-16-8-7-15-12(17(16)21-2)5-6-14(22-15)11-4-3-10(18)9-13(11)19/h3-4,7-9,14,18-19H,5-6H2,1-2H3. The van der Waals surface area contributed by atoms with E-state index < -0.39 is 0 Å². The molecule has 1 atom stereocenters. The zero-order chi connectivity index (χ0) is 15.7. The number of phenolic OH excluding ortho intramolecular Hbond substituents is 2. The van der Waals surface area contributed by atoms with E-state index in [1.807, 2.05) is 6.07 Å². The second-order valence-electron chi connectivity index (χ2n) is 5.17. The molecule has 0 bridgehead atoms. The number of hydrogen-bond acceptors (Lipinski definition) is 5. The first-order chi connectivity index (χ1) is 10.6. The van der Waals surface area contributed by atoms with E-state index in [-0.39, 0.29) is 17.6 Å². The maximum atomic E-state index is 9.99. The molecule has 0 radical (unpaired) electrons. The molecule has 1 aliphatic heterocycles. The summed E-state index contributed by atoms with van der Waals surface area (Å²) >= 11 is 0. The highest BCUT2D eigenvalue weighted by molar-refractivity contribution is 5.55. The first kappa shape index (κ1) is 14.4. The van der Waals surface area contributed by atoms with Crippen LogP contribution in [0.2, 0.25) is 0 Å². The van der Waals surface area contributed by atoms with E-state index in [1.54, 1.807) is 32.4 Å². The molecule has 1 aliphatic rings. The SMILES string of the molecule is COc1ccc2c(c1OC)CCC(c1ccc(O)cc1O)O2. The number of benzene rings is 2. The molecular weight excluding hydrogens is 284 g/mol. The first-order valence-electron chi connectivity index (χ1n) is 7.06. The summed E-state index contributed by atoms with van der Waals surface area (Å²) < 4.78 is 16.7. The highest BCUT2D eigenvalue weighted by Gasteiger charge is 2.27. The Balaban J connectivity index is 1.94. The van der Waals surface area contributed by atoms with Gasteiger partial charge in [-0.2, -0.15) is 0 Å². The lowest BCUT2D eigenvalue weighted by Crippen LogP contribution is -2.16. The van der Waals surface area contributed by atoms with Gasteiger partial charge in [0.05, 0.1) is 14.2 Å². The van der Waals surface area contributed by atoms with Crippen LogP contribution in [-0.2, 0) is 6.42 Å². The molecule has 5 nitrogen and oxygen atoms in total. The molecule has 2 N–H and O–H groups in total. The van der Waals surface area contributed by atoms with Crippen LogP contribution in [0.15, 0.2) is 30.3 Å². The van der Waals surface area contributed by atoms with Gasteiger partial charge < -0.3 is 24.4 Å². The Morgan fingerprint density at radius 1 is 1.09 bits per heavy atom. The number of phenols is 2. The number of aromatic hydroxyl groups is 2. The average Bonchev–Trinajstić information content (AvgIpc) is 2.53. The van der Waals surface area contributed by atoms with Gasteiger partial charge in [-0.15, -0.1) is 0 Å². The molecule has 116 valence electrons. The third kappa shape index (κ3) is 2.39. The Kier molecular flexibility index (Phi) is 3.71. The molecule has 0 aliphatic carbocycles. The highest BCUT2D eigenvalue weighted by Crippen LogP contribution is 2.45. The molecule has 0 saturated heterocycles. The molecule has 0 spiro atoms. The van der Waals surface area contributed by atoms with E-state index in [1.165, 1.54) is 6.07 Å². The quantitative estimate of drug-likeness (QED) is 0.911. The molecule has 0 saturated carbocycles. The molecule has 2 aromatic rings. The minimum atomic E-state index is -0.258. The third-order valence-corrected chi connectivity index (χ3v) is 3.89. The minimum absolute atomic E-state index is 0.0314. The van der Waals surface area contributed by atoms with Gasteiger partial charge in [0.15, 0.2) is 11.5 Å². The summed E-state index contributed by atoms with van der Waals surface area (Å²) in [6.45, 7) is 0. The predicted octanol–water partition coefficient (Wildman–Crippen LogP) is 3.18. The van der Waals surface area contributed by atoms with Crippen molar-refractivity contribution in [3.8, 4) is 28.7 Å². The molecular formula is C17H18O5. The van der Waals surface area contributed by atoms with Gasteiger partial charge >= 0.3 is 0 Å². The molecule has 1 heterocycles. The van der Waals surface area contributed by atoms with E-state index in [2.05, 4.69) is 0 Å². The zero-order valence-electron chi connectivity index (χ0n) is 12.5. The Bertz CT molecular complexity index is 696. The zero-order valence-corrected chi connectivity index (χ0v) is 12.5. The lowest BCUT2D eigenvalue weighted by atomic mass is 9.96. The van der Waals surface area contributed by atoms with Crippen molar-refractivity contribution in [2.24, 2.45) is 0 Å². The van der Waals surface area contributed by atoms with Crippen LogP contribution in [0.5, 0.6) is 28.7 Å². The molecule has 5 heteroatoms. The van der Waals surface area contributed by atoms with Crippen LogP contribution in [0.1, 0.15) is 23.7 Å². The van der Waals surface area contributed by atoms with Crippen molar-refractivity contribution in [2.75, 3.05) is 14.2 Å². The molecule has 0 amide bonds. The van der Waals surface area contributed by atoms with Gasteiger partial charge in [0, 0.05) is 17.2 Å². The molecule has 2 aromatic carbocycles. The van der Waals surface area contributed by atoms with E-state index in [4.69, 9.17) is 14.2 Å². The molecule has 22 heavy (non-hydrogen) atoms. The second kappa shape index (κ2) is 5.67. The highest BCUT2D eigenvalue weighted by atomic mass is 16.5. The predicted molar refractivity (Wildman–Crippen MR) is 81.0 cm³/mol. The number of hydrogen-bond donors (Lipinski definition) is 2. The largest absolute Gasteiger partial charge is 0.508 e. The minimum Gasteiger partial charge on any atom is -0.508 e. The lowest BCUT2D eigenvalue weighted by Gasteiger charge is -2.28. The van der Waals surface area contributed by atoms with Gasteiger partial charge in [-0.1, -0.05) is 0 Å². The molecule has 1 unspecified atom stereocenters. The van der Waals surface area contributed by atoms with Crippen LogP contribution in [0.4, 0.5) is 0 Å². The summed E-state index contributed by atoms with van der Waals surface area (Å²) in [7, 11) is 3.21. The van der Waals surface area contributed by atoms with Crippen molar-refractivity contribution in [2.45, 2.75) is 18.9 Å². The lowest BCUT2D eigenvalue weighted by molar-refractivity contribution is 0.170. The van der Waals surface area contributed by atoms with Crippen molar-refractivity contribution in [3.63, 3.8) is 0 Å². The summed E-state index contributed by atoms with van der Waals surface area (Å²) in [6, 6.07) is 8.20. The van der Waals surface area contributed by atoms with Crippen LogP contribution in [-0.4, -0.2) is 24.4 Å². The van der Waals surface area contributed by atoms with Gasteiger partial charge in [0.1, 0.15) is 23.4 Å². The fraction of sp³-hybridized carbons (Fsp3) is 0.294. The number of ether oxygens (including phenoxy) is 3. The van der Waals surface area contributed by atoms with Crippen LogP contribution < -0.4 is 14.2 Å². The number of methoxy groups -OCH3 is 2. The third-order valence-electron chi connectivity index (χ3n) is 3.89. The normalized spacial score (nSPS) is 16.5. The summed E-state index contributed by atoms with van der Waals surface area (Å²) in [5.74, 6) is 2.16. The van der Waals surface area contributed by atoms with E-state index in [0.29, 0.717) is 23.5 Å². The Hall–Kier alpha value is -2.56. The Morgan fingerprint density at radius 3 is 2.59 bits per heavy atom. The molecule has 0 aromatic heterocycles. The molecule has 3 rings (SSSR count). The van der Waals surface area contributed by atoms with Gasteiger partial charge in [-0.05, 0) is 37.1 Å². The van der Waals surface area contributed by atoms with Crippen LogP contribution in [0.3, 0.4) is 0 Å². The number of fused-ring (bicyclic) bond motifs is 1. The van der Waals surface area contributed by atoms with Gasteiger partial charge in [0.25, 0.3) is 0 Å². The fourth-order valence-corrected chi connectivity index (χ4v) is 2.83. The van der Waals surface area contributed by atoms with Crippen molar-refractivity contribution < 1.29 is 24.4 Å². The topological polar surface area (TPSA) is 68.2 Å². The molecule has 0 fully saturated rings. The van der Waals surface area contributed by atoms with Gasteiger partial charge in [-0.3, -0.25) is 0 Å². The van der Waals surface area contributed by atoms with Crippen LogP contribution >= 0.6 is 0 Å². The second-order valence-corrected chi connectivity index (χ2v) is 5.17. The van der Waals surface area contributed by atoms with Crippen LogP contribution in [0.25, 0.3) is 0 Å². The van der Waals surface area contributed by atoms with Crippen molar-refractivity contribution in [3.05, 3.63) is 41.5 Å². The summed E-state index contributed by atoms with van der Waals surface area (Å²) in [6.07, 6.45) is 1.20. The fourth-order valence-electron chi connectivity index (χ4n) is 2.83. The van der Waals surface area contributed by atoms with E-state index in [0.717, 1.165) is 17.7 Å². The van der Waals surface area contributed by atoms with E-state index in [9.17, 15) is 10.2 Å². The monoisotopic (exact) mass is 302 g/mol. The van der Waals surface area contributed by atoms with Gasteiger partial charge in [-0.25, -0.2) is 0 Å². The van der Waals surface area contributed by atoms with Crippen molar-refractivity contribution >= 4 is 0 Å². The van der Waals surface area contributed by atoms with Crippen molar-refractivity contribution in [1.82, 2.24) is 0 Å². The summed E-state index contributed by atoms with van der Waals surface area (Å²) in [5, 5.41) is 19.4. The van der Waals surface area contributed by atoms with Crippen molar-refractivity contribution in [1.29, 1.82) is 0 Å².